The van der Waals surface area contributed by atoms with Gasteiger partial charge in [0.1, 0.15) is 5.82 Å². The fraction of sp³-hybridized carbons (Fsp3) is 0.462. The third-order valence-corrected chi connectivity index (χ3v) is 2.34. The summed E-state index contributed by atoms with van der Waals surface area (Å²) in [6, 6.07) is 6.39. The number of aliphatic imine (C=N–C) groups is 1. The summed E-state index contributed by atoms with van der Waals surface area (Å²) in [6.07, 6.45) is 0. The molecule has 0 aliphatic rings. The Morgan fingerprint density at radius 1 is 1.26 bits per heavy atom. The smallest absolute Gasteiger partial charge is 0.191 e. The Morgan fingerprint density at radius 2 is 1.95 bits per heavy atom. The molecule has 0 aliphatic heterocycles. The van der Waals surface area contributed by atoms with Gasteiger partial charge in [-0.15, -0.1) is 24.0 Å². The largest absolute Gasteiger partial charge is 0.380 e. The van der Waals surface area contributed by atoms with Gasteiger partial charge in [0, 0.05) is 26.7 Å². The standard InChI is InChI=1S/C13H20FN3O.HI/c1-3-18-9-8-16-13(15-2)17-10-11-4-6-12(14)7-5-11;/h4-7H,3,8-10H2,1-2H3,(H2,15,16,17);1H. The first-order valence-electron chi connectivity index (χ1n) is 6.03. The quantitative estimate of drug-likeness (QED) is 0.344. The van der Waals surface area contributed by atoms with E-state index in [4.69, 9.17) is 4.74 Å². The number of benzene rings is 1. The van der Waals surface area contributed by atoms with Crippen LogP contribution in [0.25, 0.3) is 0 Å². The molecule has 1 rings (SSSR count). The lowest BCUT2D eigenvalue weighted by Crippen LogP contribution is -2.38. The van der Waals surface area contributed by atoms with Gasteiger partial charge in [0.2, 0.25) is 0 Å². The minimum absolute atomic E-state index is 0. The first-order valence-corrected chi connectivity index (χ1v) is 6.03. The van der Waals surface area contributed by atoms with Crippen molar-refractivity contribution in [1.82, 2.24) is 10.6 Å². The van der Waals surface area contributed by atoms with Crippen molar-refractivity contribution in [2.75, 3.05) is 26.8 Å². The highest BCUT2D eigenvalue weighted by Gasteiger charge is 1.98. The molecule has 0 atom stereocenters. The molecule has 108 valence electrons. The van der Waals surface area contributed by atoms with Gasteiger partial charge in [-0.25, -0.2) is 4.39 Å². The van der Waals surface area contributed by atoms with Crippen LogP contribution in [0.4, 0.5) is 4.39 Å². The summed E-state index contributed by atoms with van der Waals surface area (Å²) in [5.41, 5.74) is 1.00. The zero-order valence-electron chi connectivity index (χ0n) is 11.3. The number of ether oxygens (including phenoxy) is 1. The van der Waals surface area contributed by atoms with Gasteiger partial charge >= 0.3 is 0 Å². The average Bonchev–Trinajstić information content (AvgIpc) is 2.40. The van der Waals surface area contributed by atoms with Crippen LogP contribution in [-0.2, 0) is 11.3 Å². The highest BCUT2D eigenvalue weighted by atomic mass is 127. The van der Waals surface area contributed by atoms with Crippen molar-refractivity contribution in [3.8, 4) is 0 Å². The monoisotopic (exact) mass is 381 g/mol. The summed E-state index contributed by atoms with van der Waals surface area (Å²) in [4.78, 5) is 4.08. The Balaban J connectivity index is 0.00000324. The number of nitrogens with zero attached hydrogens (tertiary/aromatic N) is 1. The Bertz CT molecular complexity index is 371. The number of hydrogen-bond acceptors (Lipinski definition) is 2. The fourth-order valence-electron chi connectivity index (χ4n) is 1.39. The first kappa shape index (κ1) is 18.1. The summed E-state index contributed by atoms with van der Waals surface area (Å²) >= 11 is 0. The maximum atomic E-state index is 12.7. The number of nitrogens with one attached hydrogen (secondary N) is 2. The molecule has 0 bridgehead atoms. The lowest BCUT2D eigenvalue weighted by atomic mass is 10.2. The predicted molar refractivity (Wildman–Crippen MR) is 86.5 cm³/mol. The molecule has 0 saturated carbocycles. The molecular weight excluding hydrogens is 360 g/mol. The van der Waals surface area contributed by atoms with Crippen molar-refractivity contribution in [3.63, 3.8) is 0 Å². The van der Waals surface area contributed by atoms with Gasteiger partial charge in [0.25, 0.3) is 0 Å². The molecule has 6 heteroatoms. The minimum atomic E-state index is -0.224. The highest BCUT2D eigenvalue weighted by molar-refractivity contribution is 14.0. The molecule has 2 N–H and O–H groups in total. The van der Waals surface area contributed by atoms with Crippen molar-refractivity contribution in [3.05, 3.63) is 35.6 Å². The van der Waals surface area contributed by atoms with E-state index in [0.29, 0.717) is 32.3 Å². The maximum absolute atomic E-state index is 12.7. The predicted octanol–water partition coefficient (Wildman–Crippen LogP) is 2.15. The van der Waals surface area contributed by atoms with E-state index in [1.807, 2.05) is 6.92 Å². The summed E-state index contributed by atoms with van der Waals surface area (Å²) in [6.45, 7) is 4.63. The third kappa shape index (κ3) is 7.99. The van der Waals surface area contributed by atoms with Gasteiger partial charge in [-0.05, 0) is 24.6 Å². The normalized spacial score (nSPS) is 10.8. The van der Waals surface area contributed by atoms with Crippen molar-refractivity contribution in [2.45, 2.75) is 13.5 Å². The molecule has 0 spiro atoms. The van der Waals surface area contributed by atoms with E-state index < -0.39 is 0 Å². The van der Waals surface area contributed by atoms with Gasteiger partial charge < -0.3 is 15.4 Å². The molecular formula is C13H21FIN3O. The molecule has 0 aliphatic carbocycles. The van der Waals surface area contributed by atoms with Gasteiger partial charge in [-0.3, -0.25) is 4.99 Å². The van der Waals surface area contributed by atoms with E-state index in [1.165, 1.54) is 12.1 Å². The van der Waals surface area contributed by atoms with Crippen molar-refractivity contribution >= 4 is 29.9 Å². The molecule has 19 heavy (non-hydrogen) atoms. The highest BCUT2D eigenvalue weighted by Crippen LogP contribution is 2.01. The van der Waals surface area contributed by atoms with Crippen LogP contribution in [-0.4, -0.2) is 32.8 Å². The minimum Gasteiger partial charge on any atom is -0.380 e. The van der Waals surface area contributed by atoms with Crippen LogP contribution in [0.1, 0.15) is 12.5 Å². The van der Waals surface area contributed by atoms with Gasteiger partial charge in [-0.2, -0.15) is 0 Å². The molecule has 1 aromatic carbocycles. The van der Waals surface area contributed by atoms with Crippen LogP contribution >= 0.6 is 24.0 Å². The molecule has 0 unspecified atom stereocenters. The number of guanidine groups is 1. The first-order chi connectivity index (χ1) is 8.76. The van der Waals surface area contributed by atoms with E-state index in [1.54, 1.807) is 19.2 Å². The second-order valence-corrected chi connectivity index (χ2v) is 3.68. The Labute approximate surface area is 130 Å². The van der Waals surface area contributed by atoms with Crippen LogP contribution in [0.5, 0.6) is 0 Å². The van der Waals surface area contributed by atoms with Gasteiger partial charge in [0.15, 0.2) is 5.96 Å². The van der Waals surface area contributed by atoms with Crippen molar-refractivity contribution in [1.29, 1.82) is 0 Å². The molecule has 0 radical (unpaired) electrons. The number of rotatable bonds is 6. The molecule has 0 amide bonds. The van der Waals surface area contributed by atoms with E-state index >= 15 is 0 Å². The SMILES string of the molecule is CCOCCNC(=NC)NCc1ccc(F)cc1.I. The summed E-state index contributed by atoms with van der Waals surface area (Å²) in [5.74, 6) is 0.483. The van der Waals surface area contributed by atoms with Crippen LogP contribution in [0.3, 0.4) is 0 Å². The van der Waals surface area contributed by atoms with E-state index in [2.05, 4.69) is 15.6 Å². The summed E-state index contributed by atoms with van der Waals surface area (Å²) in [7, 11) is 1.71. The van der Waals surface area contributed by atoms with Gasteiger partial charge in [0.05, 0.1) is 6.61 Å². The molecule has 0 fully saturated rings. The van der Waals surface area contributed by atoms with Crippen LogP contribution in [0.2, 0.25) is 0 Å². The molecule has 1 aromatic rings. The number of halogens is 2. The van der Waals surface area contributed by atoms with Crippen LogP contribution < -0.4 is 10.6 Å². The lowest BCUT2D eigenvalue weighted by Gasteiger charge is -2.11. The average molecular weight is 381 g/mol. The number of hydrogen-bond donors (Lipinski definition) is 2. The van der Waals surface area contributed by atoms with E-state index in [9.17, 15) is 4.39 Å². The Kier molecular flexibility index (Phi) is 10.5. The van der Waals surface area contributed by atoms with Crippen LogP contribution in [0.15, 0.2) is 29.3 Å². The molecule has 0 saturated heterocycles. The van der Waals surface area contributed by atoms with Gasteiger partial charge in [-0.1, -0.05) is 12.1 Å². The van der Waals surface area contributed by atoms with Crippen molar-refractivity contribution < 1.29 is 9.13 Å². The Morgan fingerprint density at radius 3 is 2.53 bits per heavy atom. The Hall–Kier alpha value is -0.890. The topological polar surface area (TPSA) is 45.6 Å². The molecule has 0 heterocycles. The third-order valence-electron chi connectivity index (χ3n) is 2.34. The van der Waals surface area contributed by atoms with Crippen LogP contribution in [0, 0.1) is 5.82 Å². The lowest BCUT2D eigenvalue weighted by molar-refractivity contribution is 0.152. The second kappa shape index (κ2) is 11.0. The summed E-state index contributed by atoms with van der Waals surface area (Å²) < 4.78 is 17.9. The molecule has 0 aromatic heterocycles. The fourth-order valence-corrected chi connectivity index (χ4v) is 1.39. The zero-order valence-corrected chi connectivity index (χ0v) is 13.6. The second-order valence-electron chi connectivity index (χ2n) is 3.68. The zero-order chi connectivity index (χ0) is 13.2. The molecule has 4 nitrogen and oxygen atoms in total. The van der Waals surface area contributed by atoms with E-state index in [-0.39, 0.29) is 29.8 Å². The van der Waals surface area contributed by atoms with E-state index in [0.717, 1.165) is 5.56 Å². The maximum Gasteiger partial charge on any atom is 0.191 e. The summed E-state index contributed by atoms with van der Waals surface area (Å²) in [5, 5.41) is 6.27. The van der Waals surface area contributed by atoms with Crippen molar-refractivity contribution in [2.24, 2.45) is 4.99 Å².